The third kappa shape index (κ3) is 5.36. The molecule has 0 aliphatic rings. The zero-order chi connectivity index (χ0) is 15.0. The smallest absolute Gasteiger partial charge is 0.260 e. The summed E-state index contributed by atoms with van der Waals surface area (Å²) in [5, 5.41) is 9.42. The molecule has 1 rings (SSSR count). The Kier molecular flexibility index (Phi) is 7.36. The van der Waals surface area contributed by atoms with E-state index in [0.717, 1.165) is 5.56 Å². The van der Waals surface area contributed by atoms with Crippen molar-refractivity contribution in [3.05, 3.63) is 28.8 Å². The van der Waals surface area contributed by atoms with Crippen molar-refractivity contribution in [3.63, 3.8) is 0 Å². The van der Waals surface area contributed by atoms with Crippen molar-refractivity contribution < 1.29 is 19.4 Å². The van der Waals surface area contributed by atoms with Crippen LogP contribution in [-0.4, -0.2) is 55.9 Å². The SMILES string of the molecule is COCCN(CCO)C(=O)COc1cc(C)ccc1Cl. The van der Waals surface area contributed by atoms with Crippen LogP contribution in [0.15, 0.2) is 18.2 Å². The molecule has 0 heterocycles. The first-order chi connectivity index (χ1) is 9.58. The summed E-state index contributed by atoms with van der Waals surface area (Å²) in [6, 6.07) is 5.38. The van der Waals surface area contributed by atoms with Crippen LogP contribution in [0.5, 0.6) is 5.75 Å². The van der Waals surface area contributed by atoms with Crippen LogP contribution in [-0.2, 0) is 9.53 Å². The first-order valence-corrected chi connectivity index (χ1v) is 6.72. The van der Waals surface area contributed by atoms with Gasteiger partial charge in [-0.15, -0.1) is 0 Å². The molecular formula is C14H20ClNO4. The molecule has 0 aromatic heterocycles. The number of halogens is 1. The quantitative estimate of drug-likeness (QED) is 0.790. The van der Waals surface area contributed by atoms with Gasteiger partial charge in [-0.3, -0.25) is 4.79 Å². The Morgan fingerprint density at radius 3 is 2.80 bits per heavy atom. The molecule has 0 aliphatic heterocycles. The number of aliphatic hydroxyl groups is 1. The minimum absolute atomic E-state index is 0.0966. The minimum atomic E-state index is -0.214. The third-order valence-corrected chi connectivity index (χ3v) is 3.04. The van der Waals surface area contributed by atoms with Crippen molar-refractivity contribution in [2.45, 2.75) is 6.92 Å². The Labute approximate surface area is 124 Å². The lowest BCUT2D eigenvalue weighted by Gasteiger charge is -2.21. The van der Waals surface area contributed by atoms with Crippen LogP contribution >= 0.6 is 11.6 Å². The number of hydrogen-bond acceptors (Lipinski definition) is 4. The highest BCUT2D eigenvalue weighted by Gasteiger charge is 2.14. The van der Waals surface area contributed by atoms with Crippen LogP contribution in [0.2, 0.25) is 5.02 Å². The predicted octanol–water partition coefficient (Wildman–Crippen LogP) is 1.49. The van der Waals surface area contributed by atoms with Crippen molar-refractivity contribution in [2.24, 2.45) is 0 Å². The fraction of sp³-hybridized carbons (Fsp3) is 0.500. The summed E-state index contributed by atoms with van der Waals surface area (Å²) >= 11 is 5.99. The number of amides is 1. The molecule has 1 N–H and O–H groups in total. The number of aliphatic hydroxyl groups excluding tert-OH is 1. The number of ether oxygens (including phenoxy) is 2. The van der Waals surface area contributed by atoms with Crippen LogP contribution in [0.3, 0.4) is 0 Å². The minimum Gasteiger partial charge on any atom is -0.482 e. The first-order valence-electron chi connectivity index (χ1n) is 6.35. The summed E-state index contributed by atoms with van der Waals surface area (Å²) in [6.07, 6.45) is 0. The molecular weight excluding hydrogens is 282 g/mol. The molecule has 5 nitrogen and oxygen atoms in total. The van der Waals surface area contributed by atoms with E-state index in [1.54, 1.807) is 19.2 Å². The van der Waals surface area contributed by atoms with E-state index in [4.69, 9.17) is 26.2 Å². The van der Waals surface area contributed by atoms with Crippen LogP contribution in [0, 0.1) is 6.92 Å². The van der Waals surface area contributed by atoms with Crippen LogP contribution in [0.4, 0.5) is 0 Å². The van der Waals surface area contributed by atoms with Gasteiger partial charge in [0.1, 0.15) is 5.75 Å². The molecule has 0 saturated heterocycles. The average Bonchev–Trinajstić information content (AvgIpc) is 2.44. The number of carbonyl (C=O) groups excluding carboxylic acids is 1. The molecule has 0 aliphatic carbocycles. The second-order valence-corrected chi connectivity index (χ2v) is 4.73. The van der Waals surface area contributed by atoms with Crippen LogP contribution in [0.1, 0.15) is 5.56 Å². The lowest BCUT2D eigenvalue weighted by molar-refractivity contribution is -0.134. The molecule has 0 unspecified atom stereocenters. The molecule has 0 fully saturated rings. The Hall–Kier alpha value is -1.30. The van der Waals surface area contributed by atoms with E-state index in [2.05, 4.69) is 0 Å². The highest BCUT2D eigenvalue weighted by atomic mass is 35.5. The van der Waals surface area contributed by atoms with Crippen molar-refractivity contribution in [3.8, 4) is 5.75 Å². The maximum Gasteiger partial charge on any atom is 0.260 e. The van der Waals surface area contributed by atoms with Gasteiger partial charge in [0.25, 0.3) is 5.91 Å². The predicted molar refractivity (Wildman–Crippen MR) is 77.2 cm³/mol. The Bertz CT molecular complexity index is 439. The summed E-state index contributed by atoms with van der Waals surface area (Å²) < 4.78 is 10.4. The number of rotatable bonds is 8. The van der Waals surface area contributed by atoms with E-state index in [-0.39, 0.29) is 25.7 Å². The first kappa shape index (κ1) is 16.8. The Morgan fingerprint density at radius 1 is 1.40 bits per heavy atom. The van der Waals surface area contributed by atoms with Crippen molar-refractivity contribution in [1.29, 1.82) is 0 Å². The fourth-order valence-corrected chi connectivity index (χ4v) is 1.81. The van der Waals surface area contributed by atoms with Gasteiger partial charge < -0.3 is 19.5 Å². The zero-order valence-electron chi connectivity index (χ0n) is 11.8. The van der Waals surface area contributed by atoms with E-state index in [0.29, 0.717) is 23.9 Å². The van der Waals surface area contributed by atoms with Gasteiger partial charge in [-0.1, -0.05) is 17.7 Å². The van der Waals surface area contributed by atoms with E-state index < -0.39 is 0 Å². The Balaban J connectivity index is 2.57. The number of benzene rings is 1. The number of hydrogen-bond donors (Lipinski definition) is 1. The van der Waals surface area contributed by atoms with Gasteiger partial charge in [-0.05, 0) is 24.6 Å². The number of nitrogens with zero attached hydrogens (tertiary/aromatic N) is 1. The van der Waals surface area contributed by atoms with Crippen LogP contribution < -0.4 is 4.74 Å². The monoisotopic (exact) mass is 301 g/mol. The maximum absolute atomic E-state index is 12.0. The summed E-state index contributed by atoms with van der Waals surface area (Å²) in [6.45, 7) is 2.79. The van der Waals surface area contributed by atoms with Crippen molar-refractivity contribution >= 4 is 17.5 Å². The summed E-state index contributed by atoms with van der Waals surface area (Å²) in [5.41, 5.74) is 1.00. The largest absolute Gasteiger partial charge is 0.482 e. The lowest BCUT2D eigenvalue weighted by Crippen LogP contribution is -2.39. The molecule has 0 radical (unpaired) electrons. The van der Waals surface area contributed by atoms with Gasteiger partial charge in [0.2, 0.25) is 0 Å². The number of aryl methyl sites for hydroxylation is 1. The van der Waals surface area contributed by atoms with E-state index >= 15 is 0 Å². The number of methoxy groups -OCH3 is 1. The molecule has 0 saturated carbocycles. The van der Waals surface area contributed by atoms with Gasteiger partial charge in [-0.25, -0.2) is 0 Å². The molecule has 1 aromatic carbocycles. The highest BCUT2D eigenvalue weighted by molar-refractivity contribution is 6.32. The molecule has 6 heteroatoms. The van der Waals surface area contributed by atoms with Crippen molar-refractivity contribution in [1.82, 2.24) is 4.90 Å². The van der Waals surface area contributed by atoms with E-state index in [9.17, 15) is 4.79 Å². The third-order valence-electron chi connectivity index (χ3n) is 2.73. The lowest BCUT2D eigenvalue weighted by atomic mass is 10.2. The molecule has 0 spiro atoms. The second-order valence-electron chi connectivity index (χ2n) is 4.32. The molecule has 0 bridgehead atoms. The van der Waals surface area contributed by atoms with Gasteiger partial charge in [0, 0.05) is 20.2 Å². The maximum atomic E-state index is 12.0. The van der Waals surface area contributed by atoms with Gasteiger partial charge in [0.15, 0.2) is 6.61 Å². The molecule has 1 aromatic rings. The normalized spacial score (nSPS) is 10.4. The van der Waals surface area contributed by atoms with Gasteiger partial charge in [0.05, 0.1) is 18.2 Å². The summed E-state index contributed by atoms with van der Waals surface area (Å²) in [4.78, 5) is 13.5. The summed E-state index contributed by atoms with van der Waals surface area (Å²) in [5.74, 6) is 0.268. The highest BCUT2D eigenvalue weighted by Crippen LogP contribution is 2.25. The topological polar surface area (TPSA) is 59.0 Å². The second kappa shape index (κ2) is 8.79. The number of carbonyl (C=O) groups is 1. The Morgan fingerprint density at radius 2 is 2.15 bits per heavy atom. The van der Waals surface area contributed by atoms with Crippen LogP contribution in [0.25, 0.3) is 0 Å². The average molecular weight is 302 g/mol. The fourth-order valence-electron chi connectivity index (χ4n) is 1.64. The molecule has 0 atom stereocenters. The van der Waals surface area contributed by atoms with Gasteiger partial charge >= 0.3 is 0 Å². The molecule has 20 heavy (non-hydrogen) atoms. The molecule has 112 valence electrons. The van der Waals surface area contributed by atoms with E-state index in [1.807, 2.05) is 13.0 Å². The zero-order valence-corrected chi connectivity index (χ0v) is 12.5. The molecule has 1 amide bonds. The standard InChI is InChI=1S/C14H20ClNO4/c1-11-3-4-12(15)13(9-11)20-10-14(18)16(5-7-17)6-8-19-2/h3-4,9,17H,5-8,10H2,1-2H3. The van der Waals surface area contributed by atoms with Gasteiger partial charge in [-0.2, -0.15) is 0 Å². The summed E-state index contributed by atoms with van der Waals surface area (Å²) in [7, 11) is 1.56. The van der Waals surface area contributed by atoms with Crippen molar-refractivity contribution in [2.75, 3.05) is 40.0 Å². The van der Waals surface area contributed by atoms with E-state index in [1.165, 1.54) is 4.90 Å².